The summed E-state index contributed by atoms with van der Waals surface area (Å²) in [6.45, 7) is 2.52. The van der Waals surface area contributed by atoms with Gasteiger partial charge in [0, 0.05) is 0 Å². The number of hydrogen-bond donors (Lipinski definition) is 4. The highest BCUT2D eigenvalue weighted by molar-refractivity contribution is 6.45. The van der Waals surface area contributed by atoms with E-state index in [4.69, 9.17) is 10.8 Å². The molecule has 0 rings (SSSR count). The summed E-state index contributed by atoms with van der Waals surface area (Å²) in [5.41, 5.74) is 8.03. The molecule has 0 aliphatic carbocycles. The number of hydrogen-bond acceptors (Lipinski definition) is 5. The van der Waals surface area contributed by atoms with Crippen molar-refractivity contribution in [2.24, 2.45) is 5.73 Å². The van der Waals surface area contributed by atoms with Crippen molar-refractivity contribution >= 4 is 13.0 Å². The Labute approximate surface area is 97.7 Å². The van der Waals surface area contributed by atoms with Crippen LogP contribution in [0.15, 0.2) is 0 Å². The molecule has 0 aromatic carbocycles. The van der Waals surface area contributed by atoms with Crippen molar-refractivity contribution in [3.8, 4) is 0 Å². The number of hydrazine groups is 1. The Morgan fingerprint density at radius 3 is 2.62 bits per heavy atom. The fraction of sp³-hybridized carbons (Fsp3) is 0.889. The Morgan fingerprint density at radius 2 is 2.12 bits per heavy atom. The maximum Gasteiger partial charge on any atom is 0.392 e. The van der Waals surface area contributed by atoms with E-state index in [9.17, 15) is 4.79 Å². The van der Waals surface area contributed by atoms with Gasteiger partial charge in [-0.05, 0) is 40.3 Å². The first-order valence-electron chi connectivity index (χ1n) is 5.57. The van der Waals surface area contributed by atoms with Gasteiger partial charge in [-0.2, -0.15) is 0 Å². The van der Waals surface area contributed by atoms with Gasteiger partial charge in [-0.1, -0.05) is 6.42 Å². The van der Waals surface area contributed by atoms with Crippen molar-refractivity contribution in [2.45, 2.75) is 32.1 Å². The first-order chi connectivity index (χ1) is 7.43. The monoisotopic (exact) mass is 230 g/mol. The lowest BCUT2D eigenvalue weighted by atomic mass is 9.91. The summed E-state index contributed by atoms with van der Waals surface area (Å²) in [7, 11) is 3.25. The summed E-state index contributed by atoms with van der Waals surface area (Å²) >= 11 is 0. The van der Waals surface area contributed by atoms with Crippen molar-refractivity contribution in [1.82, 2.24) is 15.7 Å². The third-order valence-corrected chi connectivity index (χ3v) is 2.11. The normalized spacial score (nSPS) is 12.6. The second-order valence-electron chi connectivity index (χ2n) is 4.22. The maximum absolute atomic E-state index is 11.4. The molecule has 1 unspecified atom stereocenters. The molecule has 1 amide bonds. The molecular weight excluding hydrogens is 207 g/mol. The van der Waals surface area contributed by atoms with Crippen LogP contribution >= 0.6 is 0 Å². The molecular formula is C9H23BN4O2. The van der Waals surface area contributed by atoms with Crippen molar-refractivity contribution in [2.75, 3.05) is 20.6 Å². The van der Waals surface area contributed by atoms with Crippen LogP contribution in [0.3, 0.4) is 0 Å². The number of amides is 1. The molecule has 16 heavy (non-hydrogen) atoms. The Kier molecular flexibility index (Phi) is 8.19. The molecule has 0 spiro atoms. The van der Waals surface area contributed by atoms with Crippen molar-refractivity contribution in [3.05, 3.63) is 0 Å². The highest BCUT2D eigenvalue weighted by Gasteiger charge is 2.13. The predicted octanol–water partition coefficient (Wildman–Crippen LogP) is -1.22. The average Bonchev–Trinajstić information content (AvgIpc) is 2.20. The molecule has 0 saturated heterocycles. The number of carbonyl (C=O) groups is 1. The number of nitrogens with zero attached hydrogens (tertiary/aromatic N) is 1. The summed E-state index contributed by atoms with van der Waals surface area (Å²) < 4.78 is 0. The van der Waals surface area contributed by atoms with Crippen LogP contribution in [0.2, 0.25) is 6.82 Å². The summed E-state index contributed by atoms with van der Waals surface area (Å²) in [5.74, 6) is -0.286. The number of carbonyl (C=O) groups excluding carboxylic acids is 1. The predicted molar refractivity (Wildman–Crippen MR) is 65.5 cm³/mol. The van der Waals surface area contributed by atoms with Crippen molar-refractivity contribution in [3.63, 3.8) is 0 Å². The number of nitrogens with one attached hydrogen (secondary N) is 2. The Hall–Kier alpha value is -0.625. The van der Waals surface area contributed by atoms with Gasteiger partial charge in [0.25, 0.3) is 0 Å². The zero-order chi connectivity index (χ0) is 12.6. The molecule has 0 fully saturated rings. The van der Waals surface area contributed by atoms with Gasteiger partial charge in [0.05, 0.1) is 6.04 Å². The lowest BCUT2D eigenvalue weighted by molar-refractivity contribution is -0.123. The smallest absolute Gasteiger partial charge is 0.392 e. The van der Waals surface area contributed by atoms with E-state index in [-0.39, 0.29) is 5.91 Å². The molecule has 94 valence electrons. The Balaban J connectivity index is 3.55. The van der Waals surface area contributed by atoms with E-state index in [0.717, 1.165) is 19.4 Å². The zero-order valence-electron chi connectivity index (χ0n) is 10.4. The molecule has 6 nitrogen and oxygen atoms in total. The highest BCUT2D eigenvalue weighted by atomic mass is 16.2. The van der Waals surface area contributed by atoms with Gasteiger partial charge in [-0.15, -0.1) is 0 Å². The van der Waals surface area contributed by atoms with E-state index >= 15 is 0 Å². The van der Waals surface area contributed by atoms with Gasteiger partial charge >= 0.3 is 7.05 Å². The summed E-state index contributed by atoms with van der Waals surface area (Å²) in [6, 6.07) is -0.520. The van der Waals surface area contributed by atoms with E-state index in [0.29, 0.717) is 6.42 Å². The van der Waals surface area contributed by atoms with Crippen LogP contribution in [0.1, 0.15) is 19.3 Å². The fourth-order valence-electron chi connectivity index (χ4n) is 1.19. The van der Waals surface area contributed by atoms with Gasteiger partial charge < -0.3 is 15.7 Å². The Bertz CT molecular complexity index is 202. The van der Waals surface area contributed by atoms with Crippen LogP contribution in [-0.2, 0) is 4.79 Å². The van der Waals surface area contributed by atoms with Gasteiger partial charge in [0.1, 0.15) is 0 Å². The zero-order valence-corrected chi connectivity index (χ0v) is 10.4. The molecule has 0 aliphatic rings. The third kappa shape index (κ3) is 8.66. The van der Waals surface area contributed by atoms with E-state index in [1.807, 2.05) is 14.1 Å². The van der Waals surface area contributed by atoms with Crippen LogP contribution in [0.5, 0.6) is 0 Å². The minimum absolute atomic E-state index is 0.286. The largest absolute Gasteiger partial charge is 0.436 e. The molecule has 0 aromatic rings. The van der Waals surface area contributed by atoms with Gasteiger partial charge in [-0.3, -0.25) is 10.2 Å². The van der Waals surface area contributed by atoms with Crippen molar-refractivity contribution < 1.29 is 9.82 Å². The quantitative estimate of drug-likeness (QED) is 0.238. The topological polar surface area (TPSA) is 90.6 Å². The number of nitrogens with two attached hydrogens (primary N) is 1. The summed E-state index contributed by atoms with van der Waals surface area (Å²) in [4.78, 5) is 13.5. The summed E-state index contributed by atoms with van der Waals surface area (Å²) in [6.07, 6.45) is 2.60. The minimum Gasteiger partial charge on any atom is -0.436 e. The molecule has 0 aliphatic heterocycles. The molecule has 1 atom stereocenters. The van der Waals surface area contributed by atoms with Crippen LogP contribution in [0, 0.1) is 0 Å². The molecule has 0 bridgehead atoms. The van der Waals surface area contributed by atoms with Crippen LogP contribution in [-0.4, -0.2) is 49.6 Å². The second-order valence-corrected chi connectivity index (χ2v) is 4.22. The third-order valence-electron chi connectivity index (χ3n) is 2.11. The van der Waals surface area contributed by atoms with E-state index < -0.39 is 13.1 Å². The second kappa shape index (κ2) is 8.52. The van der Waals surface area contributed by atoms with Gasteiger partial charge in [0.15, 0.2) is 0 Å². The molecule has 5 N–H and O–H groups in total. The maximum atomic E-state index is 11.4. The lowest BCUT2D eigenvalue weighted by Crippen LogP contribution is -2.51. The van der Waals surface area contributed by atoms with Crippen LogP contribution in [0.25, 0.3) is 0 Å². The molecule has 0 saturated carbocycles. The lowest BCUT2D eigenvalue weighted by Gasteiger charge is -2.14. The molecule has 0 aromatic heterocycles. The first kappa shape index (κ1) is 15.4. The standard InChI is InChI=1S/C9H23BN4O2/c1-10(16)13-12-9(15)8(11)6-4-5-7-14(2)3/h8,13,16H,4-7,11H2,1-3H3,(H,12,15). The first-order valence-corrected chi connectivity index (χ1v) is 5.57. The minimum atomic E-state index is -0.773. The van der Waals surface area contributed by atoms with Crippen LogP contribution in [0.4, 0.5) is 0 Å². The summed E-state index contributed by atoms with van der Waals surface area (Å²) in [5, 5.41) is 11.3. The van der Waals surface area contributed by atoms with Gasteiger partial charge in [-0.25, -0.2) is 5.34 Å². The molecule has 0 heterocycles. The SMILES string of the molecule is CB(O)NNC(=O)C(N)CCCCN(C)C. The Morgan fingerprint density at radius 1 is 1.50 bits per heavy atom. The molecule has 0 radical (unpaired) electrons. The van der Waals surface area contributed by atoms with Crippen molar-refractivity contribution in [1.29, 1.82) is 0 Å². The van der Waals surface area contributed by atoms with E-state index in [1.165, 1.54) is 6.82 Å². The average molecular weight is 230 g/mol. The van der Waals surface area contributed by atoms with Gasteiger partial charge in [0.2, 0.25) is 5.91 Å². The highest BCUT2D eigenvalue weighted by Crippen LogP contribution is 1.99. The van der Waals surface area contributed by atoms with Crippen LogP contribution < -0.4 is 16.5 Å². The fourth-order valence-corrected chi connectivity index (χ4v) is 1.19. The number of unbranched alkanes of at least 4 members (excludes halogenated alkanes) is 1. The molecule has 7 heteroatoms. The van der Waals surface area contributed by atoms with E-state index in [2.05, 4.69) is 15.7 Å². The number of rotatable bonds is 8. The van der Waals surface area contributed by atoms with E-state index in [1.54, 1.807) is 0 Å².